The molecular weight excluding hydrogens is 308 g/mol. The van der Waals surface area contributed by atoms with Crippen LogP contribution in [-0.2, 0) is 29.9 Å². The highest BCUT2D eigenvalue weighted by Crippen LogP contribution is 2.21. The summed E-state index contributed by atoms with van der Waals surface area (Å²) in [7, 11) is 0.304. The molecule has 0 amide bonds. The molecular formula is C13H20N4O2S2. The van der Waals surface area contributed by atoms with Gasteiger partial charge in [0.25, 0.3) is 0 Å². The molecule has 6 nitrogen and oxygen atoms in total. The number of likely N-dealkylation sites (N-methyl/N-ethyl adjacent to an activating group) is 1. The van der Waals surface area contributed by atoms with Gasteiger partial charge in [-0.2, -0.15) is 5.10 Å². The molecule has 0 saturated heterocycles. The van der Waals surface area contributed by atoms with Gasteiger partial charge in [-0.1, -0.05) is 0 Å². The molecule has 8 heteroatoms. The van der Waals surface area contributed by atoms with E-state index in [1.807, 2.05) is 32.4 Å². The fourth-order valence-electron chi connectivity index (χ4n) is 1.87. The number of rotatable bonds is 8. The Balaban J connectivity index is 1.90. The van der Waals surface area contributed by atoms with Gasteiger partial charge in [0.15, 0.2) is 0 Å². The van der Waals surface area contributed by atoms with Crippen LogP contribution >= 0.6 is 11.3 Å². The molecule has 2 aromatic rings. The predicted molar refractivity (Wildman–Crippen MR) is 84.1 cm³/mol. The van der Waals surface area contributed by atoms with Crippen molar-refractivity contribution in [3.63, 3.8) is 0 Å². The lowest BCUT2D eigenvalue weighted by Crippen LogP contribution is -2.25. The zero-order chi connectivity index (χ0) is 15.3. The van der Waals surface area contributed by atoms with Crippen molar-refractivity contribution in [3.05, 3.63) is 35.0 Å². The fourth-order valence-corrected chi connectivity index (χ4v) is 4.30. The Morgan fingerprint density at radius 3 is 2.71 bits per heavy atom. The van der Waals surface area contributed by atoms with Crippen LogP contribution in [0.5, 0.6) is 0 Å². The highest BCUT2D eigenvalue weighted by atomic mass is 32.2. The summed E-state index contributed by atoms with van der Waals surface area (Å²) in [4.78, 5) is 1.06. The minimum absolute atomic E-state index is 0.350. The van der Waals surface area contributed by atoms with Crippen LogP contribution in [0.4, 0.5) is 0 Å². The average Bonchev–Trinajstić information content (AvgIpc) is 3.06. The van der Waals surface area contributed by atoms with Crippen molar-refractivity contribution in [2.24, 2.45) is 7.05 Å². The van der Waals surface area contributed by atoms with E-state index in [1.165, 1.54) is 11.3 Å². The van der Waals surface area contributed by atoms with Gasteiger partial charge in [-0.25, -0.2) is 13.1 Å². The lowest BCUT2D eigenvalue weighted by Gasteiger charge is -2.03. The molecule has 0 aliphatic carbocycles. The summed E-state index contributed by atoms with van der Waals surface area (Å²) in [5.41, 5.74) is 0.876. The summed E-state index contributed by atoms with van der Waals surface area (Å²) in [6, 6.07) is 5.42. The van der Waals surface area contributed by atoms with Crippen molar-refractivity contribution in [2.75, 3.05) is 20.1 Å². The summed E-state index contributed by atoms with van der Waals surface area (Å²) < 4.78 is 29.0. The third-order valence-corrected chi connectivity index (χ3v) is 6.06. The third-order valence-electron chi connectivity index (χ3n) is 2.97. The maximum atomic E-state index is 12.2. The molecule has 0 atom stereocenters. The van der Waals surface area contributed by atoms with Crippen LogP contribution in [-0.4, -0.2) is 38.3 Å². The molecule has 0 bridgehead atoms. The summed E-state index contributed by atoms with van der Waals surface area (Å²) in [6.45, 7) is 1.19. The number of hydrogen-bond donors (Lipinski definition) is 2. The zero-order valence-electron chi connectivity index (χ0n) is 12.2. The molecule has 0 aliphatic heterocycles. The molecule has 0 aliphatic rings. The Hall–Kier alpha value is -1.22. The Morgan fingerprint density at radius 1 is 1.24 bits per heavy atom. The van der Waals surface area contributed by atoms with Gasteiger partial charge in [0, 0.05) is 31.1 Å². The second kappa shape index (κ2) is 7.17. The topological polar surface area (TPSA) is 76.0 Å². The van der Waals surface area contributed by atoms with E-state index >= 15 is 0 Å². The maximum Gasteiger partial charge on any atom is 0.250 e. The number of aromatic nitrogens is 2. The lowest BCUT2D eigenvalue weighted by atomic mass is 10.3. The van der Waals surface area contributed by atoms with Crippen molar-refractivity contribution >= 4 is 21.4 Å². The van der Waals surface area contributed by atoms with Gasteiger partial charge < -0.3 is 5.32 Å². The Morgan fingerprint density at radius 2 is 2.05 bits per heavy atom. The van der Waals surface area contributed by atoms with Gasteiger partial charge in [-0.3, -0.25) is 4.68 Å². The van der Waals surface area contributed by atoms with Crippen molar-refractivity contribution in [2.45, 2.75) is 17.1 Å². The summed E-state index contributed by atoms with van der Waals surface area (Å²) >= 11 is 1.32. The van der Waals surface area contributed by atoms with Crippen molar-refractivity contribution in [1.29, 1.82) is 0 Å². The third kappa shape index (κ3) is 4.63. The first-order chi connectivity index (χ1) is 10.0. The highest BCUT2D eigenvalue weighted by Gasteiger charge is 2.16. The molecule has 0 radical (unpaired) electrons. The molecule has 0 saturated carbocycles. The van der Waals surface area contributed by atoms with Gasteiger partial charge >= 0.3 is 0 Å². The van der Waals surface area contributed by atoms with Gasteiger partial charge in [0.1, 0.15) is 4.21 Å². The summed E-state index contributed by atoms with van der Waals surface area (Å²) in [5.74, 6) is 0. The second-order valence-electron chi connectivity index (χ2n) is 4.70. The van der Waals surface area contributed by atoms with E-state index in [2.05, 4.69) is 15.1 Å². The van der Waals surface area contributed by atoms with Crippen LogP contribution in [0.15, 0.2) is 28.6 Å². The molecule has 2 heterocycles. The van der Waals surface area contributed by atoms with Crippen LogP contribution in [0.25, 0.3) is 0 Å². The Kier molecular flexibility index (Phi) is 5.51. The zero-order valence-corrected chi connectivity index (χ0v) is 13.8. The standard InChI is InChI=1S/C13H20N4O2S2/c1-14-8-6-12-3-4-13(20-12)21(18,19)15-9-5-11-7-10-17(2)16-11/h3-4,7,10,14-15H,5-6,8-9H2,1-2H3. The number of sulfonamides is 1. The smallest absolute Gasteiger partial charge is 0.250 e. The maximum absolute atomic E-state index is 12.2. The number of nitrogens with one attached hydrogen (secondary N) is 2. The van der Waals surface area contributed by atoms with E-state index in [0.717, 1.165) is 23.5 Å². The molecule has 2 aromatic heterocycles. The highest BCUT2D eigenvalue weighted by molar-refractivity contribution is 7.91. The van der Waals surface area contributed by atoms with E-state index in [-0.39, 0.29) is 0 Å². The van der Waals surface area contributed by atoms with E-state index < -0.39 is 10.0 Å². The molecule has 0 unspecified atom stereocenters. The first kappa shape index (κ1) is 16.2. The van der Waals surface area contributed by atoms with E-state index in [1.54, 1.807) is 10.7 Å². The first-order valence-electron chi connectivity index (χ1n) is 6.73. The normalized spacial score (nSPS) is 11.9. The molecule has 116 valence electrons. The number of hydrogen-bond acceptors (Lipinski definition) is 5. The van der Waals surface area contributed by atoms with Gasteiger partial charge in [0.05, 0.1) is 5.69 Å². The van der Waals surface area contributed by atoms with Crippen LogP contribution in [0.2, 0.25) is 0 Å². The van der Waals surface area contributed by atoms with E-state index in [9.17, 15) is 8.42 Å². The van der Waals surface area contributed by atoms with Crippen LogP contribution in [0.3, 0.4) is 0 Å². The number of aryl methyl sites for hydroxylation is 1. The van der Waals surface area contributed by atoms with Gasteiger partial charge in [-0.15, -0.1) is 11.3 Å². The van der Waals surface area contributed by atoms with Crippen molar-refractivity contribution in [1.82, 2.24) is 19.8 Å². The van der Waals surface area contributed by atoms with Crippen LogP contribution in [0, 0.1) is 0 Å². The van der Waals surface area contributed by atoms with Gasteiger partial charge in [0.2, 0.25) is 10.0 Å². The lowest BCUT2D eigenvalue weighted by molar-refractivity contribution is 0.583. The summed E-state index contributed by atoms with van der Waals surface area (Å²) in [5, 5.41) is 7.27. The molecule has 0 fully saturated rings. The molecule has 2 rings (SSSR count). The second-order valence-corrected chi connectivity index (χ2v) is 7.86. The molecule has 2 N–H and O–H groups in total. The monoisotopic (exact) mass is 328 g/mol. The average molecular weight is 328 g/mol. The Bertz CT molecular complexity index is 676. The number of nitrogens with zero attached hydrogens (tertiary/aromatic N) is 2. The Labute approximate surface area is 129 Å². The largest absolute Gasteiger partial charge is 0.319 e. The summed E-state index contributed by atoms with van der Waals surface area (Å²) in [6.07, 6.45) is 3.26. The molecule has 0 aromatic carbocycles. The molecule has 0 spiro atoms. The van der Waals surface area contributed by atoms with Gasteiger partial charge in [-0.05, 0) is 38.2 Å². The quantitative estimate of drug-likeness (QED) is 0.750. The van der Waals surface area contributed by atoms with E-state index in [4.69, 9.17) is 0 Å². The SMILES string of the molecule is CNCCc1ccc(S(=O)(=O)NCCc2ccn(C)n2)s1. The number of thiophene rings is 1. The van der Waals surface area contributed by atoms with E-state index in [0.29, 0.717) is 17.2 Å². The minimum Gasteiger partial charge on any atom is -0.319 e. The fraction of sp³-hybridized carbons (Fsp3) is 0.462. The predicted octanol–water partition coefficient (Wildman–Crippen LogP) is 0.764. The van der Waals surface area contributed by atoms with Crippen molar-refractivity contribution in [3.8, 4) is 0 Å². The minimum atomic E-state index is -3.41. The van der Waals surface area contributed by atoms with Crippen LogP contribution in [0.1, 0.15) is 10.6 Å². The molecule has 21 heavy (non-hydrogen) atoms. The van der Waals surface area contributed by atoms with Crippen molar-refractivity contribution < 1.29 is 8.42 Å². The first-order valence-corrected chi connectivity index (χ1v) is 9.03. The van der Waals surface area contributed by atoms with Crippen LogP contribution < -0.4 is 10.0 Å².